The van der Waals surface area contributed by atoms with Crippen LogP contribution in [-0.2, 0) is 18.4 Å². The summed E-state index contributed by atoms with van der Waals surface area (Å²) in [5.74, 6) is 1.51. The lowest BCUT2D eigenvalue weighted by atomic mass is 10.2. The summed E-state index contributed by atoms with van der Waals surface area (Å²) < 4.78 is 18.6. The number of aryl methyl sites for hydroxylation is 1. The van der Waals surface area contributed by atoms with Gasteiger partial charge in [-0.25, -0.2) is 9.78 Å². The number of hydrogen-bond acceptors (Lipinski definition) is 5. The Morgan fingerprint density at radius 1 is 1.03 bits per heavy atom. The van der Waals surface area contributed by atoms with Gasteiger partial charge in [0.15, 0.2) is 11.5 Å². The van der Waals surface area contributed by atoms with Gasteiger partial charge in [-0.3, -0.25) is 0 Å². The minimum Gasteiger partial charge on any atom is -0.493 e. The van der Waals surface area contributed by atoms with Gasteiger partial charge >= 0.3 is 5.97 Å². The predicted octanol–water partition coefficient (Wildman–Crippen LogP) is 6.31. The smallest absolute Gasteiger partial charge is 0.338 e. The van der Waals surface area contributed by atoms with Gasteiger partial charge < -0.3 is 18.8 Å². The van der Waals surface area contributed by atoms with Crippen LogP contribution in [-0.4, -0.2) is 29.2 Å². The molecule has 170 valence electrons. The largest absolute Gasteiger partial charge is 0.493 e. The second-order valence-corrected chi connectivity index (χ2v) is 8.15. The second kappa shape index (κ2) is 9.73. The highest BCUT2D eigenvalue weighted by molar-refractivity contribution is 6.35. The van der Waals surface area contributed by atoms with E-state index in [1.165, 1.54) is 0 Å². The number of carbonyl (C=O) groups is 1. The molecule has 0 N–H and O–H groups in total. The first-order valence-corrected chi connectivity index (χ1v) is 11.1. The Morgan fingerprint density at radius 2 is 1.85 bits per heavy atom. The summed E-state index contributed by atoms with van der Waals surface area (Å²) in [5.41, 5.74) is 3.74. The molecule has 0 spiro atoms. The topological polar surface area (TPSA) is 62.6 Å². The van der Waals surface area contributed by atoms with Gasteiger partial charge in [0.25, 0.3) is 0 Å². The van der Waals surface area contributed by atoms with Crippen LogP contribution in [0.3, 0.4) is 0 Å². The molecule has 0 aliphatic rings. The van der Waals surface area contributed by atoms with Gasteiger partial charge in [-0.2, -0.15) is 0 Å². The highest BCUT2D eigenvalue weighted by Crippen LogP contribution is 2.34. The molecular weight excluding hydrogens is 463 g/mol. The van der Waals surface area contributed by atoms with Gasteiger partial charge in [0.05, 0.1) is 30.3 Å². The van der Waals surface area contributed by atoms with Gasteiger partial charge in [-0.05, 0) is 55.5 Å². The Kier molecular flexibility index (Phi) is 6.77. The van der Waals surface area contributed by atoms with Crippen molar-refractivity contribution in [2.75, 3.05) is 13.7 Å². The summed E-state index contributed by atoms with van der Waals surface area (Å²) in [5, 5.41) is 1.11. The molecule has 1 heterocycles. The van der Waals surface area contributed by atoms with Crippen LogP contribution in [0.15, 0.2) is 54.6 Å². The van der Waals surface area contributed by atoms with Crippen LogP contribution in [0.4, 0.5) is 0 Å². The number of esters is 1. The lowest BCUT2D eigenvalue weighted by Crippen LogP contribution is -2.04. The molecule has 6 nitrogen and oxygen atoms in total. The molecule has 4 aromatic rings. The van der Waals surface area contributed by atoms with Crippen molar-refractivity contribution in [3.05, 3.63) is 75.8 Å². The quantitative estimate of drug-likeness (QED) is 0.287. The number of halogens is 2. The second-order valence-electron chi connectivity index (χ2n) is 7.31. The Hall–Kier alpha value is -3.22. The Labute approximate surface area is 201 Å². The number of hydrogen-bond donors (Lipinski definition) is 0. The molecule has 0 bridgehead atoms. The number of aromatic nitrogens is 2. The molecule has 1 aromatic heterocycles. The minimum atomic E-state index is -0.365. The minimum absolute atomic E-state index is 0.272. The van der Waals surface area contributed by atoms with E-state index in [-0.39, 0.29) is 12.6 Å². The van der Waals surface area contributed by atoms with Crippen LogP contribution in [0.1, 0.15) is 22.8 Å². The number of rotatable bonds is 7. The number of imidazole rings is 1. The molecule has 0 saturated carbocycles. The Bertz CT molecular complexity index is 1330. The first-order chi connectivity index (χ1) is 15.9. The van der Waals surface area contributed by atoms with Crippen molar-refractivity contribution in [3.63, 3.8) is 0 Å². The molecule has 8 heteroatoms. The fourth-order valence-electron chi connectivity index (χ4n) is 3.52. The lowest BCUT2D eigenvalue weighted by molar-refractivity contribution is 0.0526. The number of fused-ring (bicyclic) bond motifs is 1. The SMILES string of the molecule is CCOC(=O)c1ccc2c(c1)nc(-c1ccc(OCc3ccc(Cl)cc3Cl)c(OC)c1)n2C. The van der Waals surface area contributed by atoms with E-state index in [9.17, 15) is 4.79 Å². The first kappa shape index (κ1) is 23.0. The highest BCUT2D eigenvalue weighted by atomic mass is 35.5. The summed E-state index contributed by atoms with van der Waals surface area (Å²) in [7, 11) is 3.51. The maximum absolute atomic E-state index is 12.1. The first-order valence-electron chi connectivity index (χ1n) is 10.3. The monoisotopic (exact) mass is 484 g/mol. The molecular formula is C25H22Cl2N2O4. The molecule has 0 radical (unpaired) electrons. The molecule has 3 aromatic carbocycles. The van der Waals surface area contributed by atoms with Crippen molar-refractivity contribution >= 4 is 40.2 Å². The molecule has 0 unspecified atom stereocenters. The van der Waals surface area contributed by atoms with Crippen molar-refractivity contribution in [1.29, 1.82) is 0 Å². The summed E-state index contributed by atoms with van der Waals surface area (Å²) in [6.45, 7) is 2.37. The zero-order chi connectivity index (χ0) is 23.5. The average Bonchev–Trinajstić information content (AvgIpc) is 3.14. The van der Waals surface area contributed by atoms with Crippen molar-refractivity contribution in [2.24, 2.45) is 7.05 Å². The molecule has 0 saturated heterocycles. The number of nitrogens with zero attached hydrogens (tertiary/aromatic N) is 2. The van der Waals surface area contributed by atoms with Crippen LogP contribution in [0.25, 0.3) is 22.4 Å². The molecule has 0 atom stereocenters. The Morgan fingerprint density at radius 3 is 2.58 bits per heavy atom. The van der Waals surface area contributed by atoms with E-state index in [1.54, 1.807) is 38.3 Å². The number of methoxy groups -OCH3 is 1. The molecule has 0 aliphatic heterocycles. The van der Waals surface area contributed by atoms with Crippen molar-refractivity contribution < 1.29 is 19.0 Å². The van der Waals surface area contributed by atoms with Crippen LogP contribution in [0.2, 0.25) is 10.0 Å². The van der Waals surface area contributed by atoms with Gasteiger partial charge in [0.2, 0.25) is 0 Å². The lowest BCUT2D eigenvalue weighted by Gasteiger charge is -2.13. The fraction of sp³-hybridized carbons (Fsp3) is 0.200. The molecule has 4 rings (SSSR count). The maximum Gasteiger partial charge on any atom is 0.338 e. The Balaban J connectivity index is 1.62. The molecule has 0 aliphatic carbocycles. The number of carbonyl (C=O) groups excluding carboxylic acids is 1. The van der Waals surface area contributed by atoms with Crippen molar-refractivity contribution in [3.8, 4) is 22.9 Å². The summed E-state index contributed by atoms with van der Waals surface area (Å²) in [4.78, 5) is 16.8. The van der Waals surface area contributed by atoms with E-state index in [1.807, 2.05) is 41.9 Å². The summed E-state index contributed by atoms with van der Waals surface area (Å²) >= 11 is 12.2. The zero-order valence-corrected chi connectivity index (χ0v) is 19.9. The van der Waals surface area contributed by atoms with Gasteiger partial charge in [-0.1, -0.05) is 29.3 Å². The third-order valence-corrected chi connectivity index (χ3v) is 5.80. The number of benzene rings is 3. The van der Waals surface area contributed by atoms with E-state index < -0.39 is 0 Å². The third kappa shape index (κ3) is 4.77. The normalized spacial score (nSPS) is 10.9. The molecule has 0 amide bonds. The van der Waals surface area contributed by atoms with Crippen molar-refractivity contribution in [1.82, 2.24) is 9.55 Å². The summed E-state index contributed by atoms with van der Waals surface area (Å²) in [6, 6.07) is 16.2. The van der Waals surface area contributed by atoms with E-state index in [0.717, 1.165) is 22.5 Å². The van der Waals surface area contributed by atoms with Gasteiger partial charge in [-0.15, -0.1) is 0 Å². The third-order valence-electron chi connectivity index (χ3n) is 5.21. The fourth-order valence-corrected chi connectivity index (χ4v) is 3.98. The maximum atomic E-state index is 12.1. The molecule has 0 fully saturated rings. The van der Waals surface area contributed by atoms with Crippen LogP contribution < -0.4 is 9.47 Å². The highest BCUT2D eigenvalue weighted by Gasteiger charge is 2.16. The predicted molar refractivity (Wildman–Crippen MR) is 129 cm³/mol. The number of ether oxygens (including phenoxy) is 3. The average molecular weight is 485 g/mol. The summed E-state index contributed by atoms with van der Waals surface area (Å²) in [6.07, 6.45) is 0. The van der Waals surface area contributed by atoms with Gasteiger partial charge in [0, 0.05) is 28.2 Å². The van der Waals surface area contributed by atoms with Gasteiger partial charge in [0.1, 0.15) is 12.4 Å². The van der Waals surface area contributed by atoms with E-state index in [2.05, 4.69) is 0 Å². The molecule has 33 heavy (non-hydrogen) atoms. The van der Waals surface area contributed by atoms with Crippen molar-refractivity contribution in [2.45, 2.75) is 13.5 Å². The van der Waals surface area contributed by atoms with Crippen LogP contribution >= 0.6 is 23.2 Å². The van der Waals surface area contributed by atoms with E-state index in [4.69, 9.17) is 42.4 Å². The zero-order valence-electron chi connectivity index (χ0n) is 18.4. The standard InChI is InChI=1S/C25H22Cl2N2O4/c1-4-32-25(30)16-6-9-21-20(11-16)28-24(29(21)2)15-7-10-22(23(12-15)31-3)33-14-17-5-8-18(26)13-19(17)27/h5-13H,4,14H2,1-3H3. The van der Waals surface area contributed by atoms with E-state index >= 15 is 0 Å². The van der Waals surface area contributed by atoms with Crippen LogP contribution in [0, 0.1) is 0 Å². The van der Waals surface area contributed by atoms with E-state index in [0.29, 0.717) is 39.2 Å². The van der Waals surface area contributed by atoms with Crippen LogP contribution in [0.5, 0.6) is 11.5 Å².